The molecule has 0 aliphatic heterocycles. The van der Waals surface area contributed by atoms with E-state index in [1.54, 1.807) is 18.2 Å². The molecule has 0 unspecified atom stereocenters. The van der Waals surface area contributed by atoms with Crippen molar-refractivity contribution in [1.82, 2.24) is 0 Å². The summed E-state index contributed by atoms with van der Waals surface area (Å²) in [6.07, 6.45) is 2.11. The number of hydrogen-bond donors (Lipinski definition) is 1. The molecule has 23 heavy (non-hydrogen) atoms. The Morgan fingerprint density at radius 2 is 1.87 bits per heavy atom. The number of phenols is 1. The van der Waals surface area contributed by atoms with Crippen LogP contribution in [-0.2, 0) is 0 Å². The summed E-state index contributed by atoms with van der Waals surface area (Å²) in [5.74, 6) is 0.860. The van der Waals surface area contributed by atoms with Crippen LogP contribution in [0.2, 0.25) is 0 Å². The van der Waals surface area contributed by atoms with Crippen molar-refractivity contribution in [1.29, 1.82) is 0 Å². The summed E-state index contributed by atoms with van der Waals surface area (Å²) in [6, 6.07) is 13.9. The molecule has 3 aromatic rings. The second-order valence-electron chi connectivity index (χ2n) is 5.40. The highest BCUT2D eigenvalue weighted by Gasteiger charge is 2.08. The lowest BCUT2D eigenvalue weighted by molar-refractivity contribution is 0.309. The summed E-state index contributed by atoms with van der Waals surface area (Å²) in [4.78, 5) is 12.2. The van der Waals surface area contributed by atoms with Gasteiger partial charge in [-0.25, -0.2) is 4.79 Å². The second kappa shape index (κ2) is 6.57. The number of unbranched alkanes of at least 4 members (excludes halogenated alkanes) is 1. The van der Waals surface area contributed by atoms with Crippen LogP contribution in [0.5, 0.6) is 11.5 Å². The zero-order chi connectivity index (χ0) is 16.2. The SMILES string of the molecule is CCCCOc1ccc(-c2cc3ccc(O)cc3oc2=O)cc1. The fraction of sp³-hybridized carbons (Fsp3) is 0.211. The molecule has 0 fully saturated rings. The molecule has 4 heteroatoms. The average Bonchev–Trinajstić information content (AvgIpc) is 2.55. The molecule has 2 aromatic carbocycles. The Morgan fingerprint density at radius 3 is 2.61 bits per heavy atom. The van der Waals surface area contributed by atoms with Crippen LogP contribution in [0.1, 0.15) is 19.8 Å². The van der Waals surface area contributed by atoms with E-state index >= 15 is 0 Å². The Bertz CT molecular complexity index is 863. The number of rotatable bonds is 5. The minimum atomic E-state index is -0.428. The molecule has 3 rings (SSSR count). The van der Waals surface area contributed by atoms with Gasteiger partial charge in [-0.05, 0) is 42.3 Å². The van der Waals surface area contributed by atoms with E-state index in [0.29, 0.717) is 17.8 Å². The third-order valence-electron chi connectivity index (χ3n) is 3.65. The van der Waals surface area contributed by atoms with E-state index in [1.165, 1.54) is 6.07 Å². The van der Waals surface area contributed by atoms with Gasteiger partial charge in [-0.15, -0.1) is 0 Å². The highest BCUT2D eigenvalue weighted by atomic mass is 16.5. The molecule has 0 aliphatic carbocycles. The monoisotopic (exact) mass is 310 g/mol. The standard InChI is InChI=1S/C19H18O4/c1-2-3-10-22-16-8-5-13(6-9-16)17-11-14-4-7-15(20)12-18(14)23-19(17)21/h4-9,11-12,20H,2-3,10H2,1H3. The maximum absolute atomic E-state index is 12.2. The lowest BCUT2D eigenvalue weighted by atomic mass is 10.1. The molecule has 1 N–H and O–H groups in total. The van der Waals surface area contributed by atoms with Gasteiger partial charge in [-0.1, -0.05) is 25.5 Å². The van der Waals surface area contributed by atoms with Crippen molar-refractivity contribution in [3.63, 3.8) is 0 Å². The van der Waals surface area contributed by atoms with Crippen LogP contribution < -0.4 is 10.4 Å². The predicted molar refractivity (Wildman–Crippen MR) is 90.0 cm³/mol. The molecule has 0 spiro atoms. The van der Waals surface area contributed by atoms with Gasteiger partial charge in [0.15, 0.2) is 0 Å². The average molecular weight is 310 g/mol. The first-order valence-electron chi connectivity index (χ1n) is 7.67. The van der Waals surface area contributed by atoms with E-state index in [2.05, 4.69) is 6.92 Å². The predicted octanol–water partition coefficient (Wildman–Crippen LogP) is 4.34. The number of ether oxygens (including phenoxy) is 1. The first kappa shape index (κ1) is 15.2. The first-order chi connectivity index (χ1) is 11.2. The van der Waals surface area contributed by atoms with Crippen LogP contribution in [0.4, 0.5) is 0 Å². The Kier molecular flexibility index (Phi) is 4.33. The Balaban J connectivity index is 1.92. The van der Waals surface area contributed by atoms with Crippen molar-refractivity contribution in [3.8, 4) is 22.6 Å². The van der Waals surface area contributed by atoms with Crippen LogP contribution >= 0.6 is 0 Å². The third-order valence-corrected chi connectivity index (χ3v) is 3.65. The molecule has 118 valence electrons. The summed E-state index contributed by atoms with van der Waals surface area (Å²) in [5, 5.41) is 10.2. The van der Waals surface area contributed by atoms with E-state index in [4.69, 9.17) is 9.15 Å². The van der Waals surface area contributed by atoms with Crippen LogP contribution in [0.25, 0.3) is 22.1 Å². The van der Waals surface area contributed by atoms with E-state index in [0.717, 1.165) is 29.5 Å². The lowest BCUT2D eigenvalue weighted by Gasteiger charge is -2.07. The maximum Gasteiger partial charge on any atom is 0.344 e. The first-order valence-corrected chi connectivity index (χ1v) is 7.67. The molecule has 0 saturated heterocycles. The molecular formula is C19H18O4. The van der Waals surface area contributed by atoms with Crippen LogP contribution in [0.3, 0.4) is 0 Å². The van der Waals surface area contributed by atoms with Gasteiger partial charge in [0.25, 0.3) is 0 Å². The largest absolute Gasteiger partial charge is 0.508 e. The molecule has 1 heterocycles. The molecule has 1 aromatic heterocycles. The van der Waals surface area contributed by atoms with Gasteiger partial charge in [0, 0.05) is 11.5 Å². The molecule has 0 radical (unpaired) electrons. The summed E-state index contributed by atoms with van der Waals surface area (Å²) < 4.78 is 10.9. The molecule has 0 amide bonds. The minimum Gasteiger partial charge on any atom is -0.508 e. The number of fused-ring (bicyclic) bond motifs is 1. The Morgan fingerprint density at radius 1 is 1.09 bits per heavy atom. The van der Waals surface area contributed by atoms with E-state index < -0.39 is 5.63 Å². The van der Waals surface area contributed by atoms with Gasteiger partial charge in [0.05, 0.1) is 12.2 Å². The Labute approximate surface area is 134 Å². The number of phenolic OH excluding ortho intramolecular Hbond substituents is 1. The molecule has 0 aliphatic rings. The van der Waals surface area contributed by atoms with E-state index in [9.17, 15) is 9.90 Å². The number of hydrogen-bond acceptors (Lipinski definition) is 4. The van der Waals surface area contributed by atoms with Crippen LogP contribution in [-0.4, -0.2) is 11.7 Å². The lowest BCUT2D eigenvalue weighted by Crippen LogP contribution is -2.02. The molecule has 0 saturated carbocycles. The summed E-state index contributed by atoms with van der Waals surface area (Å²) in [7, 11) is 0. The van der Waals surface area contributed by atoms with Crippen LogP contribution in [0.15, 0.2) is 57.7 Å². The normalized spacial score (nSPS) is 10.8. The molecule has 4 nitrogen and oxygen atoms in total. The maximum atomic E-state index is 12.2. The van der Waals surface area contributed by atoms with Crippen LogP contribution in [0, 0.1) is 0 Å². The smallest absolute Gasteiger partial charge is 0.344 e. The van der Waals surface area contributed by atoms with Crippen molar-refractivity contribution in [3.05, 3.63) is 59.0 Å². The topological polar surface area (TPSA) is 59.7 Å². The zero-order valence-electron chi connectivity index (χ0n) is 12.9. The summed E-state index contributed by atoms with van der Waals surface area (Å²) in [5.41, 5.74) is 1.21. The van der Waals surface area contributed by atoms with Gasteiger partial charge >= 0.3 is 5.63 Å². The van der Waals surface area contributed by atoms with Crippen molar-refractivity contribution in [2.24, 2.45) is 0 Å². The quantitative estimate of drug-likeness (QED) is 0.562. The fourth-order valence-electron chi connectivity index (χ4n) is 2.37. The van der Waals surface area contributed by atoms with Gasteiger partial charge in [0.2, 0.25) is 0 Å². The minimum absolute atomic E-state index is 0.0713. The van der Waals surface area contributed by atoms with Gasteiger partial charge in [-0.3, -0.25) is 0 Å². The molecule has 0 atom stereocenters. The summed E-state index contributed by atoms with van der Waals surface area (Å²) >= 11 is 0. The van der Waals surface area contributed by atoms with Crippen molar-refractivity contribution < 1.29 is 14.3 Å². The molecule has 0 bridgehead atoms. The Hall–Kier alpha value is -2.75. The van der Waals surface area contributed by atoms with E-state index in [1.807, 2.05) is 24.3 Å². The molecular weight excluding hydrogens is 292 g/mol. The van der Waals surface area contributed by atoms with Gasteiger partial charge in [0.1, 0.15) is 17.1 Å². The van der Waals surface area contributed by atoms with Crippen molar-refractivity contribution in [2.45, 2.75) is 19.8 Å². The second-order valence-corrected chi connectivity index (χ2v) is 5.40. The zero-order valence-corrected chi connectivity index (χ0v) is 12.9. The number of aromatic hydroxyl groups is 1. The van der Waals surface area contributed by atoms with Gasteiger partial charge in [-0.2, -0.15) is 0 Å². The third kappa shape index (κ3) is 3.37. The highest BCUT2D eigenvalue weighted by molar-refractivity contribution is 5.82. The fourth-order valence-corrected chi connectivity index (χ4v) is 2.37. The van der Waals surface area contributed by atoms with E-state index in [-0.39, 0.29) is 5.75 Å². The van der Waals surface area contributed by atoms with Crippen molar-refractivity contribution >= 4 is 11.0 Å². The summed E-state index contributed by atoms with van der Waals surface area (Å²) in [6.45, 7) is 2.81. The highest BCUT2D eigenvalue weighted by Crippen LogP contribution is 2.25. The van der Waals surface area contributed by atoms with Crippen molar-refractivity contribution in [2.75, 3.05) is 6.61 Å². The number of benzene rings is 2. The van der Waals surface area contributed by atoms with Gasteiger partial charge < -0.3 is 14.3 Å².